The first-order valence-electron chi connectivity index (χ1n) is 10.5. The molecule has 34 heavy (non-hydrogen) atoms. The monoisotopic (exact) mass is 550 g/mol. The fraction of sp³-hybridized carbons (Fsp3) is 0.318. The van der Waals surface area contributed by atoms with Crippen LogP contribution < -0.4 is 10.5 Å². The third-order valence-electron chi connectivity index (χ3n) is 5.55. The zero-order valence-electron chi connectivity index (χ0n) is 17.9. The van der Waals surface area contributed by atoms with Crippen LogP contribution in [0.4, 0.5) is 5.82 Å². The number of aromatic nitrogens is 2. The molecule has 4 N–H and O–H groups in total. The van der Waals surface area contributed by atoms with Crippen LogP contribution in [0.1, 0.15) is 40.3 Å². The molecule has 1 saturated carbocycles. The standard InChI is InChI=1S/C22H23BrN4O6S/c23-15-3-1-2-13(6-15)7-17-4-5-20(33-17)21(29)18-10-25-12-26-22(18)27-16-8-14(19(28)9-16)11-32-34(24,30)31/h1-6,10,12,14,16,19,28H,7-9,11H2,(H2,24,30,31)(H,25,26,27)/t14-,16-,19-/m1/s1. The lowest BCUT2D eigenvalue weighted by molar-refractivity contribution is 0.100. The number of halogens is 1. The highest BCUT2D eigenvalue weighted by atomic mass is 79.9. The third kappa shape index (κ3) is 6.27. The van der Waals surface area contributed by atoms with Gasteiger partial charge in [-0.15, -0.1) is 0 Å². The van der Waals surface area contributed by atoms with Gasteiger partial charge in [0.15, 0.2) is 5.76 Å². The van der Waals surface area contributed by atoms with Gasteiger partial charge in [-0.2, -0.15) is 8.42 Å². The van der Waals surface area contributed by atoms with E-state index in [1.54, 1.807) is 12.1 Å². The van der Waals surface area contributed by atoms with Crippen LogP contribution in [-0.4, -0.2) is 48.0 Å². The summed E-state index contributed by atoms with van der Waals surface area (Å²) >= 11 is 3.44. The molecule has 0 unspecified atom stereocenters. The molecule has 0 saturated heterocycles. The molecular formula is C22H23BrN4O6S. The first kappa shape index (κ1) is 24.5. The molecule has 12 heteroatoms. The number of anilines is 1. The second-order valence-electron chi connectivity index (χ2n) is 8.10. The topological polar surface area (TPSA) is 158 Å². The lowest BCUT2D eigenvalue weighted by Crippen LogP contribution is -2.24. The Labute approximate surface area is 204 Å². The molecular weight excluding hydrogens is 528 g/mol. The smallest absolute Gasteiger partial charge is 0.333 e. The van der Waals surface area contributed by atoms with E-state index < -0.39 is 22.3 Å². The predicted octanol–water partition coefficient (Wildman–Crippen LogP) is 2.43. The summed E-state index contributed by atoms with van der Waals surface area (Å²) in [6, 6.07) is 10.9. The zero-order valence-corrected chi connectivity index (χ0v) is 20.3. The van der Waals surface area contributed by atoms with Gasteiger partial charge in [-0.1, -0.05) is 28.1 Å². The first-order valence-corrected chi connectivity index (χ1v) is 12.7. The van der Waals surface area contributed by atoms with Crippen molar-refractivity contribution in [3.63, 3.8) is 0 Å². The van der Waals surface area contributed by atoms with E-state index in [9.17, 15) is 18.3 Å². The number of nitrogens with one attached hydrogen (secondary N) is 1. The molecule has 0 bridgehead atoms. The number of benzene rings is 1. The van der Waals surface area contributed by atoms with Crippen molar-refractivity contribution in [3.05, 3.63) is 76.0 Å². The van der Waals surface area contributed by atoms with Gasteiger partial charge in [-0.3, -0.25) is 8.98 Å². The molecule has 1 fully saturated rings. The van der Waals surface area contributed by atoms with E-state index in [1.165, 1.54) is 12.5 Å². The number of aliphatic hydroxyl groups excluding tert-OH is 1. The van der Waals surface area contributed by atoms with Crippen LogP contribution in [0.3, 0.4) is 0 Å². The molecule has 1 aliphatic carbocycles. The van der Waals surface area contributed by atoms with Crippen molar-refractivity contribution in [1.82, 2.24) is 9.97 Å². The number of carbonyl (C=O) groups is 1. The summed E-state index contributed by atoms with van der Waals surface area (Å²) in [5.41, 5.74) is 1.26. The molecule has 2 aromatic heterocycles. The van der Waals surface area contributed by atoms with Gasteiger partial charge in [0, 0.05) is 29.1 Å². The SMILES string of the molecule is NS(=O)(=O)OC[C@H]1C[C@@H](Nc2ncncc2C(=O)c2ccc(Cc3cccc(Br)c3)o2)C[C@H]1O. The first-order chi connectivity index (χ1) is 16.2. The maximum Gasteiger partial charge on any atom is 0.333 e. The number of nitrogens with zero attached hydrogens (tertiary/aromatic N) is 2. The molecule has 1 aliphatic rings. The van der Waals surface area contributed by atoms with Gasteiger partial charge < -0.3 is 14.8 Å². The number of aliphatic hydroxyl groups is 1. The highest BCUT2D eigenvalue weighted by Gasteiger charge is 2.35. The minimum absolute atomic E-state index is 0.161. The molecule has 2 heterocycles. The lowest BCUT2D eigenvalue weighted by atomic mass is 10.1. The molecule has 180 valence electrons. The van der Waals surface area contributed by atoms with E-state index in [4.69, 9.17) is 9.56 Å². The van der Waals surface area contributed by atoms with Crippen molar-refractivity contribution in [2.45, 2.75) is 31.4 Å². The van der Waals surface area contributed by atoms with Crippen LogP contribution in [0.5, 0.6) is 0 Å². The maximum atomic E-state index is 13.1. The predicted molar refractivity (Wildman–Crippen MR) is 126 cm³/mol. The van der Waals surface area contributed by atoms with Crippen molar-refractivity contribution in [2.75, 3.05) is 11.9 Å². The molecule has 3 aromatic rings. The Morgan fingerprint density at radius 3 is 2.88 bits per heavy atom. The fourth-order valence-electron chi connectivity index (χ4n) is 3.96. The molecule has 0 radical (unpaired) electrons. The van der Waals surface area contributed by atoms with Crippen molar-refractivity contribution >= 4 is 37.8 Å². The Hall–Kier alpha value is -2.64. The van der Waals surface area contributed by atoms with Gasteiger partial charge in [0.25, 0.3) is 0 Å². The van der Waals surface area contributed by atoms with Gasteiger partial charge in [0.05, 0.1) is 18.3 Å². The molecule has 0 aliphatic heterocycles. The van der Waals surface area contributed by atoms with Crippen LogP contribution in [-0.2, 0) is 20.9 Å². The second kappa shape index (κ2) is 10.3. The quantitative estimate of drug-likeness (QED) is 0.340. The van der Waals surface area contributed by atoms with E-state index in [-0.39, 0.29) is 29.8 Å². The van der Waals surface area contributed by atoms with Gasteiger partial charge in [0.2, 0.25) is 5.78 Å². The van der Waals surface area contributed by atoms with E-state index >= 15 is 0 Å². The minimum Gasteiger partial charge on any atom is -0.457 e. The number of furan rings is 1. The molecule has 0 spiro atoms. The summed E-state index contributed by atoms with van der Waals surface area (Å²) in [5, 5.41) is 18.3. The Morgan fingerprint density at radius 1 is 1.29 bits per heavy atom. The number of hydrogen-bond acceptors (Lipinski definition) is 9. The minimum atomic E-state index is -4.09. The summed E-state index contributed by atoms with van der Waals surface area (Å²) in [4.78, 5) is 21.3. The van der Waals surface area contributed by atoms with Gasteiger partial charge >= 0.3 is 10.3 Å². The Balaban J connectivity index is 1.44. The number of ketones is 1. The van der Waals surface area contributed by atoms with Gasteiger partial charge in [-0.25, -0.2) is 15.1 Å². The Morgan fingerprint density at radius 2 is 2.12 bits per heavy atom. The molecule has 4 rings (SSSR count). The maximum absolute atomic E-state index is 13.1. The normalized spacial score (nSPS) is 20.4. The largest absolute Gasteiger partial charge is 0.457 e. The highest BCUT2D eigenvalue weighted by molar-refractivity contribution is 9.10. The Bertz CT molecular complexity index is 1280. The van der Waals surface area contributed by atoms with Gasteiger partial charge in [0.1, 0.15) is 17.9 Å². The van der Waals surface area contributed by atoms with Crippen LogP contribution >= 0.6 is 15.9 Å². The lowest BCUT2D eigenvalue weighted by Gasteiger charge is -2.15. The Kier molecular flexibility index (Phi) is 7.43. The molecule has 10 nitrogen and oxygen atoms in total. The van der Waals surface area contributed by atoms with E-state index in [2.05, 4.69) is 35.4 Å². The van der Waals surface area contributed by atoms with E-state index in [0.29, 0.717) is 30.8 Å². The van der Waals surface area contributed by atoms with Crippen molar-refractivity contribution in [1.29, 1.82) is 0 Å². The second-order valence-corrected chi connectivity index (χ2v) is 10.2. The summed E-state index contributed by atoms with van der Waals surface area (Å²) in [6.07, 6.45) is 3.20. The molecule has 3 atom stereocenters. The van der Waals surface area contributed by atoms with Crippen LogP contribution in [0, 0.1) is 5.92 Å². The van der Waals surface area contributed by atoms with Crippen molar-refractivity contribution in [3.8, 4) is 0 Å². The summed E-state index contributed by atoms with van der Waals surface area (Å²) in [7, 11) is -4.09. The van der Waals surface area contributed by atoms with Crippen molar-refractivity contribution < 1.29 is 26.9 Å². The van der Waals surface area contributed by atoms with Crippen LogP contribution in [0.25, 0.3) is 0 Å². The average molecular weight is 551 g/mol. The van der Waals surface area contributed by atoms with Crippen molar-refractivity contribution in [2.24, 2.45) is 11.1 Å². The molecule has 0 amide bonds. The van der Waals surface area contributed by atoms with Crippen LogP contribution in [0.15, 0.2) is 57.8 Å². The van der Waals surface area contributed by atoms with Gasteiger partial charge in [-0.05, 0) is 42.7 Å². The number of nitrogens with two attached hydrogens (primary N) is 1. The molecule has 1 aromatic carbocycles. The average Bonchev–Trinajstić information content (AvgIpc) is 3.38. The summed E-state index contributed by atoms with van der Waals surface area (Å²) in [5.74, 6) is 0.298. The van der Waals surface area contributed by atoms with E-state index in [1.807, 2.05) is 24.3 Å². The number of carbonyl (C=O) groups excluding carboxylic acids is 1. The highest BCUT2D eigenvalue weighted by Crippen LogP contribution is 2.30. The summed E-state index contributed by atoms with van der Waals surface area (Å²) in [6.45, 7) is -0.221. The fourth-order valence-corrected chi connectivity index (χ4v) is 4.77. The third-order valence-corrected chi connectivity index (χ3v) is 6.51. The number of rotatable bonds is 9. The number of hydrogen-bond donors (Lipinski definition) is 3. The summed E-state index contributed by atoms with van der Waals surface area (Å²) < 4.78 is 33.4. The van der Waals surface area contributed by atoms with Crippen LogP contribution in [0.2, 0.25) is 0 Å². The van der Waals surface area contributed by atoms with E-state index in [0.717, 1.165) is 10.0 Å². The zero-order chi connectivity index (χ0) is 24.3.